The third kappa shape index (κ3) is 19.2. The van der Waals surface area contributed by atoms with Crippen molar-refractivity contribution in [2.75, 3.05) is 111 Å². The molecule has 0 bridgehead atoms. The van der Waals surface area contributed by atoms with Crippen LogP contribution < -0.4 is 44.3 Å². The highest BCUT2D eigenvalue weighted by molar-refractivity contribution is 7.88. The van der Waals surface area contributed by atoms with Gasteiger partial charge in [-0.25, -0.2) is 14.2 Å². The predicted molar refractivity (Wildman–Crippen MR) is 543 cm³/mol. The van der Waals surface area contributed by atoms with Gasteiger partial charge in [-0.05, 0) is 235 Å². The quantitative estimate of drug-likeness (QED) is 0.0435. The Bertz CT molecular complexity index is 7010. The minimum absolute atomic E-state index is 0.0441. The molecule has 4 unspecified atom stereocenters. The fraction of sp³-hybridized carbons (Fsp3) is 0.514. The topological polar surface area (TPSA) is 403 Å². The number of ether oxygens (including phenoxy) is 4. The molecule has 6 N–H and O–H groups in total. The van der Waals surface area contributed by atoms with Crippen LogP contribution in [0.15, 0.2) is 109 Å². The van der Waals surface area contributed by atoms with Gasteiger partial charge in [-0.2, -0.15) is 38.2 Å². The molecule has 143 heavy (non-hydrogen) atoms. The number of carbonyl (C=O) groups is 9. The Labute approximate surface area is 835 Å². The molecule has 10 atom stereocenters. The summed E-state index contributed by atoms with van der Waals surface area (Å²) in [6, 6.07) is 34.6. The monoisotopic (exact) mass is 2020 g/mol. The van der Waals surface area contributed by atoms with Crippen molar-refractivity contribution in [3.63, 3.8) is 0 Å². The van der Waals surface area contributed by atoms with Crippen LogP contribution in [0.2, 0.25) is 0 Å². The number of morpholine rings is 1. The maximum atomic E-state index is 13.9. The van der Waals surface area contributed by atoms with E-state index in [1.165, 1.54) is 83.1 Å². The molecule has 8 heterocycles. The molecule has 35 nitrogen and oxygen atoms in total. The lowest BCUT2D eigenvalue weighted by Gasteiger charge is -2.42. The largest absolute Gasteiger partial charge is 0.497 e. The van der Waals surface area contributed by atoms with Crippen molar-refractivity contribution in [3.05, 3.63) is 159 Å². The van der Waals surface area contributed by atoms with E-state index >= 15 is 0 Å². The molecular formula is C105H132N16O19S3. The zero-order valence-electron chi connectivity index (χ0n) is 84.3. The number of hydrogen-bond acceptors (Lipinski definition) is 20. The van der Waals surface area contributed by atoms with E-state index < -0.39 is 100 Å². The van der Waals surface area contributed by atoms with Gasteiger partial charge in [0.15, 0.2) is 0 Å². The minimum atomic E-state index is -4.01. The van der Waals surface area contributed by atoms with Gasteiger partial charge < -0.3 is 63.3 Å². The summed E-state index contributed by atoms with van der Waals surface area (Å²) in [5.41, 5.74) is 13.9. The van der Waals surface area contributed by atoms with Crippen molar-refractivity contribution >= 4 is 117 Å². The molecule has 764 valence electrons. The van der Waals surface area contributed by atoms with Gasteiger partial charge in [0, 0.05) is 198 Å². The van der Waals surface area contributed by atoms with Crippen LogP contribution in [0, 0.1) is 0 Å². The van der Waals surface area contributed by atoms with Gasteiger partial charge in [-0.15, -0.1) is 0 Å². The van der Waals surface area contributed by atoms with Crippen LogP contribution in [0.3, 0.4) is 0 Å². The molecule has 5 aliphatic heterocycles. The van der Waals surface area contributed by atoms with Gasteiger partial charge in [0.1, 0.15) is 17.2 Å². The first-order valence-corrected chi connectivity index (χ1v) is 54.2. The van der Waals surface area contributed by atoms with E-state index in [9.17, 15) is 68.4 Å². The molecule has 0 radical (unpaired) electrons. The summed E-state index contributed by atoms with van der Waals surface area (Å²) in [6.07, 6.45) is 18.2. The third-order valence-corrected chi connectivity index (χ3v) is 36.1. The van der Waals surface area contributed by atoms with Gasteiger partial charge in [-0.1, -0.05) is 76.0 Å². The summed E-state index contributed by atoms with van der Waals surface area (Å²) < 4.78 is 114. The Kier molecular flexibility index (Phi) is 27.6. The number of fused-ring (bicyclic) bond motifs is 21. The van der Waals surface area contributed by atoms with Crippen LogP contribution in [-0.2, 0) is 83.8 Å². The highest BCUT2D eigenvalue weighted by atomic mass is 32.2. The van der Waals surface area contributed by atoms with E-state index in [1.54, 1.807) is 81.6 Å². The standard InChI is InChI=1S/C37H48N6O6S.C36H45N5O7S.C32H39N5O6S/c1-22-19-42(20-23(2)41(22)5)36(46)35(45)38-37-18-30(37)29-17-26(49-6)13-15-27(29)33-32(24-10-8-7-9-11-24)28-14-12-25(16-31(28)43(33)21-37)34(44)39-50(47,48)40(3)4;1-21-18-40(19-22(2)48-21)35(44)34(43)37-36-17-29(36)28-16-25(47-5)12-14-26(28)32-31(23-9-7-6-8-10-23)27-13-11-24(15-30(27)41(32)20-36)33(42)38-49(45,46)39(3)4;1-35(2)31(40)30(39)33-32-17-25(32)24-16-21(43-5)12-14-22(24)28-27(19-9-7-6-8-10-19)23-13-11-20(15-26(23)37(28)18-32)29(38)34-44(41,42)36(3)4/h12-17,22-24,30H,7-11,18-21H2,1-6H3,(H,38,45)(H,39,44);11-16,21-23,29H,6-10,17-20H2,1-5H3,(H,37,43)(H,38,42);11-16,19,25H,6-10,17-18H2,1-5H3,(H,33,39)(H,34,38)/t;21-,22+,29-,36-;25-,32-/m.00/s1. The van der Waals surface area contributed by atoms with Crippen LogP contribution in [0.5, 0.6) is 17.2 Å². The van der Waals surface area contributed by atoms with Crippen molar-refractivity contribution in [3.8, 4) is 51.0 Å². The summed E-state index contributed by atoms with van der Waals surface area (Å²) >= 11 is 0. The second-order valence-electron chi connectivity index (χ2n) is 42.1. The molecule has 6 aromatic carbocycles. The number of likely N-dealkylation sites (N-methyl/N-ethyl adjacent to an activating group) is 2. The number of benzene rings is 6. The number of piperazine rings is 1. The molecule has 8 fully saturated rings. The molecule has 20 rings (SSSR count). The van der Waals surface area contributed by atoms with E-state index in [-0.39, 0.29) is 58.7 Å². The first-order valence-electron chi connectivity index (χ1n) is 49.8. The number of carbonyl (C=O) groups excluding carboxylic acids is 9. The van der Waals surface area contributed by atoms with Gasteiger partial charge >= 0.3 is 66.1 Å². The lowest BCUT2D eigenvalue weighted by Crippen LogP contribution is -2.59. The number of aromatic nitrogens is 3. The first-order chi connectivity index (χ1) is 67.9. The highest BCUT2D eigenvalue weighted by Crippen LogP contribution is 2.64. The average Bonchev–Trinajstić information content (AvgIpc) is 1.53. The van der Waals surface area contributed by atoms with E-state index in [0.717, 1.165) is 179 Å². The third-order valence-electron chi connectivity index (χ3n) is 31.9. The van der Waals surface area contributed by atoms with E-state index in [1.807, 2.05) is 69.4 Å². The summed E-state index contributed by atoms with van der Waals surface area (Å²) in [5, 5.41) is 12.5. The molecule has 6 saturated carbocycles. The Balaban J connectivity index is 0.000000142. The fourth-order valence-electron chi connectivity index (χ4n) is 23.9. The van der Waals surface area contributed by atoms with Gasteiger partial charge in [0.25, 0.3) is 17.7 Å². The lowest BCUT2D eigenvalue weighted by molar-refractivity contribution is -0.153. The van der Waals surface area contributed by atoms with Gasteiger partial charge in [0.05, 0.1) is 67.2 Å². The zero-order chi connectivity index (χ0) is 102. The van der Waals surface area contributed by atoms with E-state index in [2.05, 4.69) is 86.8 Å². The lowest BCUT2D eigenvalue weighted by atomic mass is 9.81. The molecule has 2 saturated heterocycles. The van der Waals surface area contributed by atoms with Crippen molar-refractivity contribution in [1.29, 1.82) is 0 Å². The van der Waals surface area contributed by atoms with Crippen LogP contribution in [0.1, 0.15) is 243 Å². The SMILES string of the molecule is COc1ccc2c(c1)C1CC1(NC(=O)C(=O)N1CC(C)N(C)C(C)C1)Cn1c-2c(C2CCCCC2)c2ccc(C(=O)NS(=O)(=O)N(C)C)cc21.COc1ccc2c(c1)[C@@H]1C[C@]1(NC(=O)C(=O)N(C)C)Cn1c-2c(C2CCCCC2)c2ccc(C(=O)NS(=O)(=O)N(C)C)cc21.COc1ccc2c(c1)[C@@H]1C[C@]1(NC(=O)C(=O)N1C[C@@H](C)O[C@@H](C)C1)Cn1c-2c(C2CCCCC2)c2ccc(C(=O)NS(=O)(=O)N(C)C)cc21. The van der Waals surface area contributed by atoms with Crippen molar-refractivity contribution in [2.45, 2.75) is 239 Å². The van der Waals surface area contributed by atoms with E-state index in [0.29, 0.717) is 94.3 Å². The summed E-state index contributed by atoms with van der Waals surface area (Å²) in [5.74, 6) is -2.92. The molecule has 6 aliphatic carbocycles. The van der Waals surface area contributed by atoms with Crippen LogP contribution >= 0.6 is 0 Å². The number of methoxy groups -OCH3 is 3. The summed E-state index contributed by atoms with van der Waals surface area (Å²) in [6.45, 7) is 10.7. The molecule has 3 aromatic heterocycles. The number of hydrogen-bond donors (Lipinski definition) is 6. The molecule has 9 amide bonds. The van der Waals surface area contributed by atoms with Gasteiger partial charge in [0.2, 0.25) is 0 Å². The van der Waals surface area contributed by atoms with E-state index in [4.69, 9.17) is 18.9 Å². The molecular weight excluding hydrogens is 1890 g/mol. The summed E-state index contributed by atoms with van der Waals surface area (Å²) in [7, 11) is 6.21. The molecule has 38 heteroatoms. The predicted octanol–water partition coefficient (Wildman–Crippen LogP) is 11.0. The summed E-state index contributed by atoms with van der Waals surface area (Å²) in [4.78, 5) is 127. The van der Waals surface area contributed by atoms with Crippen LogP contribution in [0.25, 0.3) is 66.5 Å². The highest BCUT2D eigenvalue weighted by Gasteiger charge is 2.63. The maximum Gasteiger partial charge on any atom is 0.312 e. The Hall–Kier alpha value is -11.8. The zero-order valence-corrected chi connectivity index (χ0v) is 86.7. The average molecular weight is 2020 g/mol. The van der Waals surface area contributed by atoms with Crippen LogP contribution in [-0.4, -0.2) is 276 Å². The first kappa shape index (κ1) is 101. The maximum absolute atomic E-state index is 13.9. The smallest absolute Gasteiger partial charge is 0.312 e. The van der Waals surface area contributed by atoms with Crippen molar-refractivity contribution < 1.29 is 87.4 Å². The van der Waals surface area contributed by atoms with Crippen LogP contribution in [0.4, 0.5) is 0 Å². The molecule has 9 aromatic rings. The fourth-order valence-corrected chi connectivity index (χ4v) is 25.5. The number of nitrogens with one attached hydrogen (secondary N) is 6. The Morgan fingerprint density at radius 2 is 0.664 bits per heavy atom. The minimum Gasteiger partial charge on any atom is -0.497 e. The number of nitrogens with zero attached hydrogens (tertiary/aromatic N) is 10. The number of amides is 9. The van der Waals surface area contributed by atoms with Crippen molar-refractivity contribution in [1.82, 2.24) is 76.3 Å². The molecule has 0 spiro atoms. The molecule has 11 aliphatic rings. The van der Waals surface area contributed by atoms with Gasteiger partial charge in [-0.3, -0.25) is 48.1 Å². The second-order valence-corrected chi connectivity index (χ2v) is 47.8. The second kappa shape index (κ2) is 39.0. The van der Waals surface area contributed by atoms with Crippen molar-refractivity contribution in [2.24, 2.45) is 0 Å². The number of rotatable bonds is 18. The Morgan fingerprint density at radius 3 is 0.944 bits per heavy atom. The normalized spacial score (nSPS) is 24.0. The Morgan fingerprint density at radius 1 is 0.378 bits per heavy atom.